The maximum Gasteiger partial charge on any atom is 0.0620 e. The molecule has 0 bridgehead atoms. The molecule has 40 heavy (non-hydrogen) atoms. The van der Waals surface area contributed by atoms with Gasteiger partial charge in [-0.05, 0) is 63.7 Å². The van der Waals surface area contributed by atoms with Crippen molar-refractivity contribution in [3.63, 3.8) is 0 Å². The Labute approximate surface area is 233 Å². The smallest absolute Gasteiger partial charge is 0.0620 e. The zero-order chi connectivity index (χ0) is 25.9. The number of thiophene rings is 1. The molecule has 3 heterocycles. The Kier molecular flexibility index (Phi) is 3.87. The number of benzene rings is 7. The van der Waals surface area contributed by atoms with Gasteiger partial charge in [-0.1, -0.05) is 91.0 Å². The maximum atomic E-state index is 2.45. The molecule has 0 aliphatic heterocycles. The number of hydrogen-bond donors (Lipinski definition) is 0. The summed E-state index contributed by atoms with van der Waals surface area (Å²) in [6.07, 6.45) is 0. The van der Waals surface area contributed by atoms with Gasteiger partial charge in [0.1, 0.15) is 0 Å². The molecule has 0 radical (unpaired) electrons. The largest absolute Gasteiger partial charge is 0.308 e. The third-order valence-corrected chi connectivity index (χ3v) is 10.1. The van der Waals surface area contributed by atoms with Crippen molar-refractivity contribution in [1.82, 2.24) is 4.40 Å². The molecule has 0 unspecified atom stereocenters. The van der Waals surface area contributed by atoms with Crippen LogP contribution in [0.1, 0.15) is 0 Å². The Morgan fingerprint density at radius 2 is 0.975 bits per heavy atom. The highest BCUT2D eigenvalue weighted by Gasteiger charge is 2.19. The van der Waals surface area contributed by atoms with Gasteiger partial charge < -0.3 is 4.40 Å². The van der Waals surface area contributed by atoms with Gasteiger partial charge >= 0.3 is 0 Å². The quantitative estimate of drug-likeness (QED) is 0.188. The average molecular weight is 524 g/mol. The number of rotatable bonds is 1. The van der Waals surface area contributed by atoms with Gasteiger partial charge in [-0.3, -0.25) is 0 Å². The molecule has 0 saturated carbocycles. The minimum Gasteiger partial charge on any atom is -0.308 e. The lowest BCUT2D eigenvalue weighted by molar-refractivity contribution is 1.37. The van der Waals surface area contributed by atoms with E-state index in [1.165, 1.54) is 90.9 Å². The van der Waals surface area contributed by atoms with Crippen LogP contribution in [-0.2, 0) is 0 Å². The second-order valence-corrected chi connectivity index (χ2v) is 12.0. The van der Waals surface area contributed by atoms with E-state index in [1.807, 2.05) is 11.3 Å². The van der Waals surface area contributed by atoms with Gasteiger partial charge in [0.2, 0.25) is 0 Å². The number of nitrogens with zero attached hydrogens (tertiary/aromatic N) is 1. The molecule has 0 N–H and O–H groups in total. The van der Waals surface area contributed by atoms with Crippen molar-refractivity contribution in [3.8, 4) is 11.1 Å². The van der Waals surface area contributed by atoms with Gasteiger partial charge in [0.25, 0.3) is 0 Å². The minimum absolute atomic E-state index is 1.26. The fourth-order valence-corrected chi connectivity index (χ4v) is 8.46. The molecule has 0 saturated heterocycles. The van der Waals surface area contributed by atoms with Gasteiger partial charge in [0.05, 0.1) is 16.6 Å². The number of para-hydroxylation sites is 2. The molecule has 2 heteroatoms. The summed E-state index contributed by atoms with van der Waals surface area (Å²) in [5.74, 6) is 0. The molecule has 1 nitrogen and oxygen atoms in total. The molecule has 0 aliphatic rings. The number of fused-ring (bicyclic) bond motifs is 14. The first-order valence-corrected chi connectivity index (χ1v) is 14.6. The van der Waals surface area contributed by atoms with Gasteiger partial charge in [-0.25, -0.2) is 0 Å². The zero-order valence-electron chi connectivity index (χ0n) is 21.5. The molecule has 0 spiro atoms. The topological polar surface area (TPSA) is 4.41 Å². The summed E-state index contributed by atoms with van der Waals surface area (Å²) in [5.41, 5.74) is 6.40. The van der Waals surface area contributed by atoms with Crippen molar-refractivity contribution < 1.29 is 0 Å². The van der Waals surface area contributed by atoms with E-state index in [-0.39, 0.29) is 0 Å². The Balaban J connectivity index is 1.35. The van der Waals surface area contributed by atoms with Crippen molar-refractivity contribution >= 4 is 91.1 Å². The van der Waals surface area contributed by atoms with Crippen LogP contribution in [0, 0.1) is 0 Å². The lowest BCUT2D eigenvalue weighted by atomic mass is 9.93. The standard InChI is InChI=1S/C38H21NS/c1-2-12-28-24(9-1)30-19-22(17-18-27(30)36-29-13-5-8-16-35(29)40-38(28)36)23-20-31-25-10-3-6-14-33(25)39-34-15-7-4-11-26(34)32(21-23)37(31)39/h1-21H. The molecule has 0 amide bonds. The van der Waals surface area contributed by atoms with Crippen LogP contribution in [0.25, 0.3) is 90.9 Å². The molecule has 0 atom stereocenters. The van der Waals surface area contributed by atoms with Gasteiger partial charge in [0, 0.05) is 47.1 Å². The Hall–Kier alpha value is -4.92. The SMILES string of the molecule is c1ccc2c(c1)sc1c3ccccc3c3cc(-c4cc5c6ccccc6n6c7ccccc7c(c4)c56)ccc3c21. The van der Waals surface area contributed by atoms with Crippen LogP contribution in [0.15, 0.2) is 127 Å². The zero-order valence-corrected chi connectivity index (χ0v) is 22.3. The molecular weight excluding hydrogens is 502 g/mol. The molecule has 10 rings (SSSR count). The first kappa shape index (κ1) is 21.0. The van der Waals surface area contributed by atoms with Gasteiger partial charge in [-0.2, -0.15) is 0 Å². The molecular formula is C38H21NS. The van der Waals surface area contributed by atoms with E-state index in [9.17, 15) is 0 Å². The summed E-state index contributed by atoms with van der Waals surface area (Å²) >= 11 is 1.91. The van der Waals surface area contributed by atoms with E-state index in [4.69, 9.17) is 0 Å². The van der Waals surface area contributed by atoms with E-state index in [0.29, 0.717) is 0 Å². The predicted octanol–water partition coefficient (Wildman–Crippen LogP) is 11.2. The van der Waals surface area contributed by atoms with E-state index in [2.05, 4.69) is 132 Å². The Bertz CT molecular complexity index is 2570. The highest BCUT2D eigenvalue weighted by molar-refractivity contribution is 7.27. The molecule has 10 aromatic rings. The van der Waals surface area contributed by atoms with Crippen LogP contribution in [0.5, 0.6) is 0 Å². The fraction of sp³-hybridized carbons (Fsp3) is 0. The van der Waals surface area contributed by atoms with Crippen LogP contribution in [0.2, 0.25) is 0 Å². The van der Waals surface area contributed by atoms with Gasteiger partial charge in [-0.15, -0.1) is 11.3 Å². The van der Waals surface area contributed by atoms with E-state index >= 15 is 0 Å². The third-order valence-electron chi connectivity index (χ3n) is 8.88. The first-order valence-electron chi connectivity index (χ1n) is 13.8. The lowest BCUT2D eigenvalue weighted by Crippen LogP contribution is -1.84. The van der Waals surface area contributed by atoms with Crippen molar-refractivity contribution in [2.45, 2.75) is 0 Å². The second kappa shape index (κ2) is 7.38. The van der Waals surface area contributed by atoms with Crippen LogP contribution in [0.3, 0.4) is 0 Å². The van der Waals surface area contributed by atoms with E-state index in [1.54, 1.807) is 0 Å². The summed E-state index contributed by atoms with van der Waals surface area (Å²) in [4.78, 5) is 0. The average Bonchev–Trinajstić information content (AvgIpc) is 3.68. The molecule has 7 aromatic carbocycles. The minimum atomic E-state index is 1.26. The summed E-state index contributed by atoms with van der Waals surface area (Å²) in [7, 11) is 0. The maximum absolute atomic E-state index is 2.45. The first-order chi connectivity index (χ1) is 19.8. The highest BCUT2D eigenvalue weighted by atomic mass is 32.1. The summed E-state index contributed by atoms with van der Waals surface area (Å²) < 4.78 is 5.18. The summed E-state index contributed by atoms with van der Waals surface area (Å²) in [5, 5.41) is 13.3. The monoisotopic (exact) mass is 523 g/mol. The second-order valence-electron chi connectivity index (χ2n) is 10.9. The fourth-order valence-electron chi connectivity index (χ4n) is 7.20. The van der Waals surface area contributed by atoms with Gasteiger partial charge in [0.15, 0.2) is 0 Å². The van der Waals surface area contributed by atoms with Crippen molar-refractivity contribution in [2.75, 3.05) is 0 Å². The number of aromatic nitrogens is 1. The van der Waals surface area contributed by atoms with Crippen LogP contribution >= 0.6 is 11.3 Å². The van der Waals surface area contributed by atoms with Crippen LogP contribution in [-0.4, -0.2) is 4.40 Å². The lowest BCUT2D eigenvalue weighted by Gasteiger charge is -2.11. The molecule has 3 aromatic heterocycles. The third kappa shape index (κ3) is 2.53. The molecule has 184 valence electrons. The van der Waals surface area contributed by atoms with Crippen molar-refractivity contribution in [3.05, 3.63) is 127 Å². The number of hydrogen-bond acceptors (Lipinski definition) is 1. The van der Waals surface area contributed by atoms with Crippen LogP contribution < -0.4 is 0 Å². The van der Waals surface area contributed by atoms with Crippen LogP contribution in [0.4, 0.5) is 0 Å². The van der Waals surface area contributed by atoms with E-state index < -0.39 is 0 Å². The van der Waals surface area contributed by atoms with E-state index in [0.717, 1.165) is 0 Å². The normalized spacial score (nSPS) is 12.5. The Morgan fingerprint density at radius 3 is 1.70 bits per heavy atom. The highest BCUT2D eigenvalue weighted by Crippen LogP contribution is 2.46. The predicted molar refractivity (Wildman–Crippen MR) is 174 cm³/mol. The summed E-state index contributed by atoms with van der Waals surface area (Å²) in [6, 6.07) is 47.3. The Morgan fingerprint density at radius 1 is 0.400 bits per heavy atom. The van der Waals surface area contributed by atoms with Crippen molar-refractivity contribution in [1.29, 1.82) is 0 Å². The molecule has 0 aliphatic carbocycles. The van der Waals surface area contributed by atoms with Crippen molar-refractivity contribution in [2.24, 2.45) is 0 Å². The molecule has 0 fully saturated rings. The summed E-state index contributed by atoms with van der Waals surface area (Å²) in [6.45, 7) is 0.